The summed E-state index contributed by atoms with van der Waals surface area (Å²) in [5.74, 6) is 0. The zero-order chi connectivity index (χ0) is 7.42. The number of hydrogen-bond acceptors (Lipinski definition) is 0. The molecule has 3 rings (SSSR count). The molecular formula is C10H9N. The van der Waals surface area contributed by atoms with Crippen molar-refractivity contribution in [2.75, 3.05) is 0 Å². The molecule has 0 spiro atoms. The van der Waals surface area contributed by atoms with Gasteiger partial charge in [0.25, 0.3) is 0 Å². The largest absolute Gasteiger partial charge is 0.358 e. The number of aromatic amines is 1. The van der Waals surface area contributed by atoms with E-state index in [1.807, 2.05) is 0 Å². The molecule has 2 heterocycles. The summed E-state index contributed by atoms with van der Waals surface area (Å²) in [6, 6.07) is 6.53. The Bertz CT molecular complexity index is 437. The van der Waals surface area contributed by atoms with Gasteiger partial charge in [-0.05, 0) is 18.1 Å². The van der Waals surface area contributed by atoms with Gasteiger partial charge in [0.15, 0.2) is 0 Å². The minimum Gasteiger partial charge on any atom is -0.358 e. The van der Waals surface area contributed by atoms with E-state index in [4.69, 9.17) is 0 Å². The molecule has 1 N–H and O–H groups in total. The second-order valence-corrected chi connectivity index (χ2v) is 3.25. The first-order chi connectivity index (χ1) is 5.36. The number of rotatable bonds is 0. The Morgan fingerprint density at radius 2 is 2.27 bits per heavy atom. The van der Waals surface area contributed by atoms with Gasteiger partial charge in [0.2, 0.25) is 0 Å². The van der Waals surface area contributed by atoms with Crippen molar-refractivity contribution in [3.05, 3.63) is 35.0 Å². The lowest BCUT2D eigenvalue weighted by atomic mass is 9.99. The summed E-state index contributed by atoms with van der Waals surface area (Å²) >= 11 is 0. The van der Waals surface area contributed by atoms with Crippen LogP contribution < -0.4 is 0 Å². The fraction of sp³-hybridized carbons (Fsp3) is 0.200. The van der Waals surface area contributed by atoms with Gasteiger partial charge in [-0.1, -0.05) is 18.2 Å². The molecule has 2 aromatic rings. The van der Waals surface area contributed by atoms with Crippen molar-refractivity contribution in [1.29, 1.82) is 0 Å². The highest BCUT2D eigenvalue weighted by Crippen LogP contribution is 2.32. The molecule has 0 amide bonds. The fourth-order valence-electron chi connectivity index (χ4n) is 1.98. The maximum Gasteiger partial charge on any atom is 0.0495 e. The molecule has 1 aliphatic rings. The van der Waals surface area contributed by atoms with Crippen LogP contribution in [0.25, 0.3) is 10.9 Å². The van der Waals surface area contributed by atoms with Crippen molar-refractivity contribution < 1.29 is 0 Å². The van der Waals surface area contributed by atoms with E-state index in [2.05, 4.69) is 30.1 Å². The lowest BCUT2D eigenvalue weighted by Crippen LogP contribution is -1.88. The predicted molar refractivity (Wildman–Crippen MR) is 45.8 cm³/mol. The molecule has 1 aliphatic heterocycles. The molecule has 1 heteroatoms. The molecule has 1 aromatic carbocycles. The summed E-state index contributed by atoms with van der Waals surface area (Å²) in [5.41, 5.74) is 5.67. The molecular weight excluding hydrogens is 134 g/mol. The van der Waals surface area contributed by atoms with Crippen LogP contribution in [0.3, 0.4) is 0 Å². The van der Waals surface area contributed by atoms with E-state index in [9.17, 15) is 0 Å². The molecule has 0 atom stereocenters. The van der Waals surface area contributed by atoms with Crippen LogP contribution in [0.5, 0.6) is 0 Å². The number of aryl methyl sites for hydroxylation is 1. The number of para-hydroxylation sites is 1. The molecule has 0 aliphatic carbocycles. The maximum atomic E-state index is 3.42. The zero-order valence-corrected chi connectivity index (χ0v) is 6.44. The molecule has 11 heavy (non-hydrogen) atoms. The molecule has 0 saturated heterocycles. The summed E-state index contributed by atoms with van der Waals surface area (Å²) in [6.45, 7) is 2.19. The smallest absolute Gasteiger partial charge is 0.0495 e. The van der Waals surface area contributed by atoms with E-state index in [1.165, 1.54) is 27.7 Å². The van der Waals surface area contributed by atoms with E-state index in [0.717, 1.165) is 6.42 Å². The Labute approximate surface area is 65.0 Å². The van der Waals surface area contributed by atoms with Crippen molar-refractivity contribution in [2.45, 2.75) is 13.3 Å². The van der Waals surface area contributed by atoms with E-state index in [1.54, 1.807) is 0 Å². The van der Waals surface area contributed by atoms with Gasteiger partial charge in [0.1, 0.15) is 0 Å². The molecule has 0 unspecified atom stereocenters. The Kier molecular flexibility index (Phi) is 0.738. The quantitative estimate of drug-likeness (QED) is 0.497. The summed E-state index contributed by atoms with van der Waals surface area (Å²) in [7, 11) is 0. The molecule has 54 valence electrons. The van der Waals surface area contributed by atoms with Crippen LogP contribution in [0.2, 0.25) is 0 Å². The van der Waals surface area contributed by atoms with Crippen LogP contribution in [0.1, 0.15) is 16.8 Å². The highest BCUT2D eigenvalue weighted by molar-refractivity contribution is 5.90. The Morgan fingerprint density at radius 1 is 1.36 bits per heavy atom. The molecule has 2 bridgehead atoms. The van der Waals surface area contributed by atoms with Gasteiger partial charge in [0, 0.05) is 23.0 Å². The second-order valence-electron chi connectivity index (χ2n) is 3.25. The van der Waals surface area contributed by atoms with E-state index >= 15 is 0 Å². The van der Waals surface area contributed by atoms with Crippen LogP contribution in [0, 0.1) is 6.92 Å². The summed E-state index contributed by atoms with van der Waals surface area (Å²) in [5, 5.41) is 1.41. The summed E-state index contributed by atoms with van der Waals surface area (Å²) in [4.78, 5) is 3.42. The number of aromatic nitrogens is 1. The van der Waals surface area contributed by atoms with Gasteiger partial charge in [-0.3, -0.25) is 0 Å². The summed E-state index contributed by atoms with van der Waals surface area (Å²) < 4.78 is 0. The first kappa shape index (κ1) is 5.42. The molecule has 1 aromatic heterocycles. The van der Waals surface area contributed by atoms with Gasteiger partial charge < -0.3 is 4.98 Å². The number of nitrogens with one attached hydrogen (secondary N) is 1. The third-order valence-corrected chi connectivity index (χ3v) is 2.65. The Hall–Kier alpha value is -1.24. The van der Waals surface area contributed by atoms with Gasteiger partial charge in [0.05, 0.1) is 0 Å². The van der Waals surface area contributed by atoms with Crippen molar-refractivity contribution in [1.82, 2.24) is 4.98 Å². The second kappa shape index (κ2) is 1.50. The average molecular weight is 143 g/mol. The lowest BCUT2D eigenvalue weighted by molar-refractivity contribution is 1.16. The summed E-state index contributed by atoms with van der Waals surface area (Å²) in [6.07, 6.45) is 1.12. The standard InChI is InChI=1S/C10H9N/c1-6-8-4-2-3-7-5-9(6)11-10(7)8/h2-4,11H,5H2,1H3. The normalized spacial score (nSPS) is 13.5. The highest BCUT2D eigenvalue weighted by Gasteiger charge is 2.17. The third-order valence-electron chi connectivity index (χ3n) is 2.65. The molecule has 1 nitrogen and oxygen atoms in total. The zero-order valence-electron chi connectivity index (χ0n) is 6.44. The number of H-pyrrole nitrogens is 1. The van der Waals surface area contributed by atoms with Crippen LogP contribution in [-0.2, 0) is 6.42 Å². The molecule has 0 fully saturated rings. The van der Waals surface area contributed by atoms with Crippen molar-refractivity contribution >= 4 is 10.9 Å². The van der Waals surface area contributed by atoms with E-state index in [0.29, 0.717) is 0 Å². The SMILES string of the molecule is Cc1c2[nH]c3c(cccc13)C2. The lowest BCUT2D eigenvalue weighted by Gasteiger charge is -2.03. The first-order valence-corrected chi connectivity index (χ1v) is 3.95. The number of hydrogen-bond donors (Lipinski definition) is 1. The minimum atomic E-state index is 1.12. The van der Waals surface area contributed by atoms with Crippen LogP contribution in [0.4, 0.5) is 0 Å². The number of benzene rings is 1. The molecule has 0 radical (unpaired) electrons. The minimum absolute atomic E-state index is 1.12. The predicted octanol–water partition coefficient (Wildman–Crippen LogP) is 2.38. The van der Waals surface area contributed by atoms with Crippen molar-refractivity contribution in [3.63, 3.8) is 0 Å². The van der Waals surface area contributed by atoms with Gasteiger partial charge in [-0.15, -0.1) is 0 Å². The van der Waals surface area contributed by atoms with Gasteiger partial charge in [-0.2, -0.15) is 0 Å². The third kappa shape index (κ3) is 0.484. The topological polar surface area (TPSA) is 15.8 Å². The monoisotopic (exact) mass is 143 g/mol. The highest BCUT2D eigenvalue weighted by atomic mass is 14.8. The van der Waals surface area contributed by atoms with E-state index in [-0.39, 0.29) is 0 Å². The van der Waals surface area contributed by atoms with Crippen molar-refractivity contribution in [3.8, 4) is 0 Å². The van der Waals surface area contributed by atoms with Crippen LogP contribution in [-0.4, -0.2) is 4.98 Å². The van der Waals surface area contributed by atoms with Crippen LogP contribution >= 0.6 is 0 Å². The van der Waals surface area contributed by atoms with E-state index < -0.39 is 0 Å². The van der Waals surface area contributed by atoms with Crippen molar-refractivity contribution in [2.24, 2.45) is 0 Å². The maximum absolute atomic E-state index is 3.42. The Morgan fingerprint density at radius 3 is 3.00 bits per heavy atom. The van der Waals surface area contributed by atoms with Gasteiger partial charge in [-0.25, -0.2) is 0 Å². The molecule has 0 saturated carbocycles. The average Bonchev–Trinajstić information content (AvgIpc) is 2.53. The Balaban J connectivity index is 2.66. The van der Waals surface area contributed by atoms with Crippen LogP contribution in [0.15, 0.2) is 18.2 Å². The fourth-order valence-corrected chi connectivity index (χ4v) is 1.98. The first-order valence-electron chi connectivity index (χ1n) is 3.95. The van der Waals surface area contributed by atoms with Gasteiger partial charge >= 0.3 is 0 Å². The number of fused-ring (bicyclic) bond motifs is 1.